The molecule has 1 aromatic heterocycles. The van der Waals surface area contributed by atoms with E-state index in [0.29, 0.717) is 11.8 Å². The minimum absolute atomic E-state index is 0.396. The summed E-state index contributed by atoms with van der Waals surface area (Å²) in [5, 5.41) is 0. The molecule has 18 heavy (non-hydrogen) atoms. The van der Waals surface area contributed by atoms with Crippen LogP contribution in [0.4, 0.5) is 0 Å². The van der Waals surface area contributed by atoms with Crippen molar-refractivity contribution in [2.24, 2.45) is 0 Å². The van der Waals surface area contributed by atoms with E-state index in [2.05, 4.69) is 18.1 Å². The molecule has 0 saturated heterocycles. The van der Waals surface area contributed by atoms with Gasteiger partial charge in [-0.25, -0.2) is 0 Å². The number of rotatable bonds is 8. The first-order valence-electron chi connectivity index (χ1n) is 5.48. The van der Waals surface area contributed by atoms with Crippen LogP contribution < -0.4 is 9.47 Å². The van der Waals surface area contributed by atoms with Gasteiger partial charge < -0.3 is 18.9 Å². The van der Waals surface area contributed by atoms with Gasteiger partial charge in [0.15, 0.2) is 0 Å². The molecule has 0 aliphatic carbocycles. The quantitative estimate of drug-likeness (QED) is 0.525. The maximum Gasteiger partial charge on any atom is 0.239 e. The lowest BCUT2D eigenvalue weighted by atomic mass is 10.5. The third kappa shape index (κ3) is 4.78. The van der Waals surface area contributed by atoms with Crippen molar-refractivity contribution in [3.63, 3.8) is 0 Å². The Labute approximate surface area is 107 Å². The van der Waals surface area contributed by atoms with E-state index in [4.69, 9.17) is 18.9 Å². The van der Waals surface area contributed by atoms with Gasteiger partial charge in [-0.1, -0.05) is 19.2 Å². The summed E-state index contributed by atoms with van der Waals surface area (Å²) in [4.78, 5) is 4.14. The number of pyridine rings is 1. The first kappa shape index (κ1) is 13.9. The van der Waals surface area contributed by atoms with Crippen molar-refractivity contribution in [2.45, 2.75) is 26.4 Å². The lowest BCUT2D eigenvalue weighted by Gasteiger charge is -2.15. The maximum atomic E-state index is 5.39. The molecule has 0 N–H and O–H groups in total. The smallest absolute Gasteiger partial charge is 0.239 e. The van der Waals surface area contributed by atoms with E-state index in [-0.39, 0.29) is 0 Å². The van der Waals surface area contributed by atoms with Crippen LogP contribution in [0.2, 0.25) is 0 Å². The Balaban J connectivity index is 2.61. The molecule has 0 saturated carbocycles. The number of aromatic nitrogens is 1. The molecule has 2 unspecified atom stereocenters. The van der Waals surface area contributed by atoms with Crippen LogP contribution in [0.1, 0.15) is 13.8 Å². The fourth-order valence-electron chi connectivity index (χ4n) is 1.19. The van der Waals surface area contributed by atoms with Crippen LogP contribution >= 0.6 is 0 Å². The minimum Gasteiger partial charge on any atom is -0.463 e. The zero-order valence-electron chi connectivity index (χ0n) is 10.5. The Hall–Kier alpha value is -2.17. The predicted octanol–water partition coefficient (Wildman–Crippen LogP) is 2.85. The van der Waals surface area contributed by atoms with Gasteiger partial charge in [-0.2, -0.15) is 4.98 Å². The molecule has 0 bridgehead atoms. The minimum atomic E-state index is -0.466. The molecule has 5 heteroatoms. The largest absolute Gasteiger partial charge is 0.463 e. The van der Waals surface area contributed by atoms with Gasteiger partial charge in [0, 0.05) is 26.0 Å². The highest BCUT2D eigenvalue weighted by Crippen LogP contribution is 2.16. The molecule has 1 heterocycles. The normalized spacial score (nSPS) is 13.0. The van der Waals surface area contributed by atoms with Gasteiger partial charge >= 0.3 is 0 Å². The van der Waals surface area contributed by atoms with Crippen LogP contribution in [0.15, 0.2) is 43.9 Å². The molecule has 0 aromatic carbocycles. The summed E-state index contributed by atoms with van der Waals surface area (Å²) in [7, 11) is 0. The van der Waals surface area contributed by atoms with E-state index in [1.807, 2.05) is 0 Å². The SMILES string of the molecule is C=COC(C)Oc1cccc(OC(C)OC=C)n1. The average molecular weight is 251 g/mol. The molecule has 0 radical (unpaired) electrons. The van der Waals surface area contributed by atoms with Crippen molar-refractivity contribution < 1.29 is 18.9 Å². The van der Waals surface area contributed by atoms with Gasteiger partial charge in [0.25, 0.3) is 0 Å². The monoisotopic (exact) mass is 251 g/mol. The van der Waals surface area contributed by atoms with Crippen LogP contribution in [0.5, 0.6) is 11.8 Å². The fraction of sp³-hybridized carbons (Fsp3) is 0.308. The standard InChI is InChI=1S/C13H17NO4/c1-5-15-10(3)17-12-8-7-9-13(14-12)18-11(4)16-6-2/h5-11H,1-2H2,3-4H3. The summed E-state index contributed by atoms with van der Waals surface area (Å²) >= 11 is 0. The first-order chi connectivity index (χ1) is 8.65. The number of hydrogen-bond donors (Lipinski definition) is 0. The topological polar surface area (TPSA) is 49.8 Å². The van der Waals surface area contributed by atoms with E-state index in [1.165, 1.54) is 12.5 Å². The highest BCUT2D eigenvalue weighted by Gasteiger charge is 2.07. The highest BCUT2D eigenvalue weighted by atomic mass is 16.7. The lowest BCUT2D eigenvalue weighted by Crippen LogP contribution is -2.16. The molecular weight excluding hydrogens is 234 g/mol. The molecule has 0 aliphatic heterocycles. The van der Waals surface area contributed by atoms with Gasteiger partial charge in [0.2, 0.25) is 24.3 Å². The van der Waals surface area contributed by atoms with Gasteiger partial charge in [-0.05, 0) is 0 Å². The molecule has 0 amide bonds. The number of ether oxygens (including phenoxy) is 4. The molecule has 1 aromatic rings. The summed E-state index contributed by atoms with van der Waals surface area (Å²) in [6, 6.07) is 5.17. The van der Waals surface area contributed by atoms with Crippen LogP contribution in [0, 0.1) is 0 Å². The number of nitrogens with zero attached hydrogens (tertiary/aromatic N) is 1. The summed E-state index contributed by atoms with van der Waals surface area (Å²) in [6.45, 7) is 10.4. The van der Waals surface area contributed by atoms with Crippen LogP contribution in [0.25, 0.3) is 0 Å². The second-order valence-corrected chi connectivity index (χ2v) is 3.29. The third-order valence-electron chi connectivity index (χ3n) is 1.85. The Morgan fingerprint density at radius 3 is 1.83 bits per heavy atom. The zero-order chi connectivity index (χ0) is 13.4. The summed E-state index contributed by atoms with van der Waals surface area (Å²) in [6.07, 6.45) is 1.69. The second kappa shape index (κ2) is 7.21. The van der Waals surface area contributed by atoms with Crippen molar-refractivity contribution in [1.82, 2.24) is 4.98 Å². The van der Waals surface area contributed by atoms with E-state index in [1.54, 1.807) is 32.0 Å². The van der Waals surface area contributed by atoms with Crippen molar-refractivity contribution in [3.8, 4) is 11.8 Å². The van der Waals surface area contributed by atoms with Gasteiger partial charge in [-0.15, -0.1) is 0 Å². The van der Waals surface area contributed by atoms with Crippen molar-refractivity contribution in [2.75, 3.05) is 0 Å². The Bertz CT molecular complexity index is 361. The first-order valence-corrected chi connectivity index (χ1v) is 5.48. The van der Waals surface area contributed by atoms with E-state index >= 15 is 0 Å². The Morgan fingerprint density at radius 1 is 1.00 bits per heavy atom. The second-order valence-electron chi connectivity index (χ2n) is 3.29. The fourth-order valence-corrected chi connectivity index (χ4v) is 1.19. The zero-order valence-corrected chi connectivity index (χ0v) is 10.5. The van der Waals surface area contributed by atoms with Gasteiger partial charge in [0.05, 0.1) is 12.5 Å². The molecule has 98 valence electrons. The maximum absolute atomic E-state index is 5.39. The van der Waals surface area contributed by atoms with E-state index < -0.39 is 12.6 Å². The van der Waals surface area contributed by atoms with Crippen molar-refractivity contribution in [3.05, 3.63) is 43.9 Å². The van der Waals surface area contributed by atoms with E-state index in [9.17, 15) is 0 Å². The molecule has 1 rings (SSSR count). The summed E-state index contributed by atoms with van der Waals surface area (Å²) in [5.74, 6) is 0.792. The van der Waals surface area contributed by atoms with Crippen LogP contribution in [-0.2, 0) is 9.47 Å². The Kier molecular flexibility index (Phi) is 5.57. The molecule has 0 spiro atoms. The van der Waals surface area contributed by atoms with Gasteiger partial charge in [-0.3, -0.25) is 0 Å². The highest BCUT2D eigenvalue weighted by molar-refractivity contribution is 5.19. The molecule has 5 nitrogen and oxygen atoms in total. The summed E-state index contributed by atoms with van der Waals surface area (Å²) < 4.78 is 20.8. The summed E-state index contributed by atoms with van der Waals surface area (Å²) in [5.41, 5.74) is 0. The van der Waals surface area contributed by atoms with Crippen molar-refractivity contribution >= 4 is 0 Å². The molecule has 2 atom stereocenters. The molecule has 0 fully saturated rings. The van der Waals surface area contributed by atoms with Crippen molar-refractivity contribution in [1.29, 1.82) is 0 Å². The number of hydrogen-bond acceptors (Lipinski definition) is 5. The molecular formula is C13H17NO4. The molecule has 0 aliphatic rings. The predicted molar refractivity (Wildman–Crippen MR) is 67.0 cm³/mol. The lowest BCUT2D eigenvalue weighted by molar-refractivity contribution is -0.0240. The third-order valence-corrected chi connectivity index (χ3v) is 1.85. The van der Waals surface area contributed by atoms with Crippen LogP contribution in [-0.4, -0.2) is 17.6 Å². The average Bonchev–Trinajstić information content (AvgIpc) is 2.29. The Morgan fingerprint density at radius 2 is 1.44 bits per heavy atom. The van der Waals surface area contributed by atoms with E-state index in [0.717, 1.165) is 0 Å². The van der Waals surface area contributed by atoms with Gasteiger partial charge in [0.1, 0.15) is 0 Å². The van der Waals surface area contributed by atoms with Crippen LogP contribution in [0.3, 0.4) is 0 Å².